The minimum Gasteiger partial charge on any atom is -0.497 e. The van der Waals surface area contributed by atoms with Gasteiger partial charge in [0.25, 0.3) is 5.91 Å². The molecule has 0 unspecified atom stereocenters. The van der Waals surface area contributed by atoms with Crippen molar-refractivity contribution >= 4 is 28.6 Å². The lowest BCUT2D eigenvalue weighted by molar-refractivity contribution is 0.0975. The topological polar surface area (TPSA) is 41.6 Å². The van der Waals surface area contributed by atoms with Crippen molar-refractivity contribution in [2.24, 2.45) is 0 Å². The predicted octanol–water partition coefficient (Wildman–Crippen LogP) is 4.53. The minimum atomic E-state index is -0.230. The van der Waals surface area contributed by atoms with E-state index in [0.29, 0.717) is 5.56 Å². The van der Waals surface area contributed by atoms with Crippen LogP contribution in [0.25, 0.3) is 0 Å². The molecular formula is C19H16N2O2S. The first-order valence-electron chi connectivity index (χ1n) is 7.63. The Morgan fingerprint density at radius 1 is 1.08 bits per heavy atom. The lowest BCUT2D eigenvalue weighted by Crippen LogP contribution is -2.43. The Morgan fingerprint density at radius 2 is 1.88 bits per heavy atom. The lowest BCUT2D eigenvalue weighted by Gasteiger charge is -2.37. The first kappa shape index (κ1) is 14.8. The average Bonchev–Trinajstić information content (AvgIpc) is 3.16. The van der Waals surface area contributed by atoms with E-state index in [1.54, 1.807) is 23.3 Å². The molecule has 4 nitrogen and oxygen atoms in total. The van der Waals surface area contributed by atoms with Crippen LogP contribution in [-0.2, 0) is 0 Å². The van der Waals surface area contributed by atoms with Gasteiger partial charge in [-0.1, -0.05) is 12.1 Å². The first-order chi connectivity index (χ1) is 11.8. The maximum Gasteiger partial charge on any atom is 0.262 e. The van der Waals surface area contributed by atoms with E-state index in [9.17, 15) is 4.79 Å². The number of carbonyl (C=O) groups is 1. The minimum absolute atomic E-state index is 0.00860. The zero-order valence-electron chi connectivity index (χ0n) is 13.1. The number of rotatable bonds is 3. The number of hydrogen-bond donors (Lipinski definition) is 1. The monoisotopic (exact) mass is 336 g/mol. The van der Waals surface area contributed by atoms with Gasteiger partial charge < -0.3 is 10.1 Å². The number of para-hydroxylation sites is 1. The second-order valence-electron chi connectivity index (χ2n) is 5.52. The molecule has 1 amide bonds. The zero-order valence-corrected chi connectivity index (χ0v) is 13.9. The molecule has 4 rings (SSSR count). The maximum absolute atomic E-state index is 13.1. The Hall–Kier alpha value is -2.79. The van der Waals surface area contributed by atoms with Gasteiger partial charge in [-0.25, -0.2) is 0 Å². The van der Waals surface area contributed by atoms with Gasteiger partial charge in [0.2, 0.25) is 0 Å². The molecule has 2 heterocycles. The maximum atomic E-state index is 13.1. The van der Waals surface area contributed by atoms with Crippen molar-refractivity contribution in [3.63, 3.8) is 0 Å². The van der Waals surface area contributed by atoms with E-state index in [1.807, 2.05) is 60.0 Å². The molecule has 24 heavy (non-hydrogen) atoms. The summed E-state index contributed by atoms with van der Waals surface area (Å²) in [5, 5.41) is 7.57. The summed E-state index contributed by atoms with van der Waals surface area (Å²) in [6.45, 7) is 0. The SMILES string of the molecule is COc1ccc(N2C(=O)c3ccccc3N[C@H]2c2ccsc2)cc1. The molecule has 3 aromatic rings. The van der Waals surface area contributed by atoms with Gasteiger partial charge in [-0.2, -0.15) is 11.3 Å². The standard InChI is InChI=1S/C19H16N2O2S/c1-23-15-8-6-14(7-9-15)21-18(13-10-11-24-12-13)20-17-5-3-2-4-16(17)19(21)22/h2-12,18,20H,1H3/t18-/m1/s1. The summed E-state index contributed by atoms with van der Waals surface area (Å²) in [7, 11) is 1.63. The van der Waals surface area contributed by atoms with E-state index in [4.69, 9.17) is 4.74 Å². The van der Waals surface area contributed by atoms with Gasteiger partial charge in [0, 0.05) is 16.9 Å². The molecule has 5 heteroatoms. The van der Waals surface area contributed by atoms with Crippen LogP contribution < -0.4 is 15.0 Å². The van der Waals surface area contributed by atoms with Crippen LogP contribution in [0, 0.1) is 0 Å². The Labute approximate surface area is 144 Å². The number of anilines is 2. The van der Waals surface area contributed by atoms with Crippen molar-refractivity contribution < 1.29 is 9.53 Å². The highest BCUT2D eigenvalue weighted by atomic mass is 32.1. The molecule has 0 spiro atoms. The van der Waals surface area contributed by atoms with Gasteiger partial charge in [0.05, 0.1) is 12.7 Å². The molecule has 120 valence electrons. The third-order valence-corrected chi connectivity index (χ3v) is 4.84. The summed E-state index contributed by atoms with van der Waals surface area (Å²) in [6.07, 6.45) is -0.230. The van der Waals surface area contributed by atoms with E-state index >= 15 is 0 Å². The summed E-state index contributed by atoms with van der Waals surface area (Å²) in [4.78, 5) is 14.9. The van der Waals surface area contributed by atoms with E-state index < -0.39 is 0 Å². The molecule has 1 aliphatic rings. The number of nitrogens with zero attached hydrogens (tertiary/aromatic N) is 1. The van der Waals surface area contributed by atoms with Crippen LogP contribution >= 0.6 is 11.3 Å². The summed E-state index contributed by atoms with van der Waals surface area (Å²) in [5.74, 6) is 0.759. The third-order valence-electron chi connectivity index (χ3n) is 4.14. The normalized spacial score (nSPS) is 16.5. The van der Waals surface area contributed by atoms with Gasteiger partial charge >= 0.3 is 0 Å². The molecule has 0 saturated heterocycles. The highest BCUT2D eigenvalue weighted by Crippen LogP contribution is 2.37. The van der Waals surface area contributed by atoms with Crippen LogP contribution in [0.15, 0.2) is 65.4 Å². The van der Waals surface area contributed by atoms with Crippen LogP contribution in [-0.4, -0.2) is 13.0 Å². The van der Waals surface area contributed by atoms with E-state index in [-0.39, 0.29) is 12.1 Å². The second-order valence-corrected chi connectivity index (χ2v) is 6.30. The lowest BCUT2D eigenvalue weighted by atomic mass is 10.0. The molecule has 1 N–H and O–H groups in total. The number of amides is 1. The van der Waals surface area contributed by atoms with Crippen molar-refractivity contribution in [2.75, 3.05) is 17.3 Å². The van der Waals surface area contributed by atoms with Crippen molar-refractivity contribution in [1.29, 1.82) is 0 Å². The van der Waals surface area contributed by atoms with E-state index in [0.717, 1.165) is 22.7 Å². The second kappa shape index (κ2) is 6.02. The van der Waals surface area contributed by atoms with Gasteiger partial charge in [0.1, 0.15) is 11.9 Å². The number of fused-ring (bicyclic) bond motifs is 1. The summed E-state index contributed by atoms with van der Waals surface area (Å²) >= 11 is 1.62. The van der Waals surface area contributed by atoms with Crippen molar-refractivity contribution in [1.82, 2.24) is 0 Å². The fourth-order valence-electron chi connectivity index (χ4n) is 2.93. The van der Waals surface area contributed by atoms with E-state index in [2.05, 4.69) is 10.7 Å². The molecule has 1 aromatic heterocycles. The number of nitrogens with one attached hydrogen (secondary N) is 1. The number of hydrogen-bond acceptors (Lipinski definition) is 4. The van der Waals surface area contributed by atoms with Crippen molar-refractivity contribution in [3.8, 4) is 5.75 Å². The molecule has 0 saturated carbocycles. The number of carbonyl (C=O) groups excluding carboxylic acids is 1. The Morgan fingerprint density at radius 3 is 2.58 bits per heavy atom. The first-order valence-corrected chi connectivity index (χ1v) is 8.57. The van der Waals surface area contributed by atoms with Crippen LogP contribution in [0.5, 0.6) is 5.75 Å². The highest BCUT2D eigenvalue weighted by molar-refractivity contribution is 7.08. The van der Waals surface area contributed by atoms with Crippen LogP contribution in [0.1, 0.15) is 22.1 Å². The highest BCUT2D eigenvalue weighted by Gasteiger charge is 2.34. The smallest absolute Gasteiger partial charge is 0.262 e. The average molecular weight is 336 g/mol. The quantitative estimate of drug-likeness (QED) is 0.764. The zero-order chi connectivity index (χ0) is 16.5. The van der Waals surface area contributed by atoms with Gasteiger partial charge in [-0.15, -0.1) is 0 Å². The Kier molecular flexibility index (Phi) is 3.70. The third kappa shape index (κ3) is 2.43. The number of ether oxygens (including phenoxy) is 1. The molecule has 2 aromatic carbocycles. The fourth-order valence-corrected chi connectivity index (χ4v) is 3.61. The van der Waals surface area contributed by atoms with Gasteiger partial charge in [-0.05, 0) is 53.2 Å². The molecular weight excluding hydrogens is 320 g/mol. The van der Waals surface area contributed by atoms with Crippen LogP contribution in [0.2, 0.25) is 0 Å². The van der Waals surface area contributed by atoms with Crippen molar-refractivity contribution in [3.05, 3.63) is 76.5 Å². The molecule has 0 fully saturated rings. The van der Waals surface area contributed by atoms with Crippen LogP contribution in [0.3, 0.4) is 0 Å². The van der Waals surface area contributed by atoms with Crippen LogP contribution in [0.4, 0.5) is 11.4 Å². The predicted molar refractivity (Wildman–Crippen MR) is 96.9 cm³/mol. The summed E-state index contributed by atoms with van der Waals surface area (Å²) in [6, 6.07) is 17.2. The van der Waals surface area contributed by atoms with E-state index in [1.165, 1.54) is 0 Å². The largest absolute Gasteiger partial charge is 0.497 e. The van der Waals surface area contributed by atoms with Gasteiger partial charge in [0.15, 0.2) is 0 Å². The number of benzene rings is 2. The van der Waals surface area contributed by atoms with Crippen molar-refractivity contribution in [2.45, 2.75) is 6.17 Å². The number of thiophene rings is 1. The molecule has 0 aliphatic carbocycles. The number of methoxy groups -OCH3 is 1. The summed E-state index contributed by atoms with van der Waals surface area (Å²) in [5.41, 5.74) is 3.45. The molecule has 1 atom stereocenters. The Balaban J connectivity index is 1.82. The van der Waals surface area contributed by atoms with Gasteiger partial charge in [-0.3, -0.25) is 9.69 Å². The Bertz CT molecular complexity index is 859. The molecule has 0 bridgehead atoms. The molecule has 0 radical (unpaired) electrons. The molecule has 1 aliphatic heterocycles. The fraction of sp³-hybridized carbons (Fsp3) is 0.105. The summed E-state index contributed by atoms with van der Waals surface area (Å²) < 4.78 is 5.22.